The molecule has 1 saturated heterocycles. The van der Waals surface area contributed by atoms with Crippen LogP contribution in [0.4, 0.5) is 24.7 Å². The second kappa shape index (κ2) is 12.4. The Kier molecular flexibility index (Phi) is 9.14. The van der Waals surface area contributed by atoms with Gasteiger partial charge in [0.1, 0.15) is 38.7 Å². The third kappa shape index (κ3) is 6.21. The van der Waals surface area contributed by atoms with Crippen molar-refractivity contribution in [2.45, 2.75) is 30.4 Å². The molecule has 0 spiro atoms. The lowest BCUT2D eigenvalue weighted by Gasteiger charge is -2.26. The number of methoxy groups -OCH3 is 2. The van der Waals surface area contributed by atoms with E-state index in [1.165, 1.54) is 36.7 Å². The summed E-state index contributed by atoms with van der Waals surface area (Å²) in [6, 6.07) is 10.4. The highest BCUT2D eigenvalue weighted by atomic mass is 35.5. The van der Waals surface area contributed by atoms with E-state index in [2.05, 4.69) is 4.98 Å². The van der Waals surface area contributed by atoms with E-state index in [1.807, 2.05) is 0 Å². The normalized spacial score (nSPS) is 16.8. The number of benzene rings is 2. The quantitative estimate of drug-likeness (QED) is 0.117. The van der Waals surface area contributed by atoms with Crippen molar-refractivity contribution in [3.63, 3.8) is 0 Å². The Labute approximate surface area is 233 Å². The molecular formula is C27H27ClF3N3O4S. The molecule has 0 radical (unpaired) electrons. The minimum atomic E-state index is -1.06. The van der Waals surface area contributed by atoms with Gasteiger partial charge in [0.2, 0.25) is 5.95 Å². The molecule has 1 atom stereocenters. The maximum atomic E-state index is 15.7. The van der Waals surface area contributed by atoms with Gasteiger partial charge in [-0.2, -0.15) is 4.39 Å². The molecule has 0 saturated carbocycles. The number of carbonyl (C=O) groups excluding carboxylic acids is 1. The fourth-order valence-electron chi connectivity index (χ4n) is 4.37. The van der Waals surface area contributed by atoms with Crippen molar-refractivity contribution < 1.29 is 32.2 Å². The lowest BCUT2D eigenvalue weighted by molar-refractivity contribution is -0.128. The Bertz CT molecular complexity index is 1350. The highest BCUT2D eigenvalue weighted by molar-refractivity contribution is 8.00. The molecule has 0 aliphatic carbocycles. The van der Waals surface area contributed by atoms with Gasteiger partial charge in [0.05, 0.1) is 33.0 Å². The maximum absolute atomic E-state index is 15.7. The van der Waals surface area contributed by atoms with Gasteiger partial charge in [0, 0.05) is 37.3 Å². The summed E-state index contributed by atoms with van der Waals surface area (Å²) < 4.78 is 62.9. The lowest BCUT2D eigenvalue weighted by atomic mass is 10.1. The van der Waals surface area contributed by atoms with Crippen molar-refractivity contribution >= 4 is 41.3 Å². The van der Waals surface area contributed by atoms with Crippen molar-refractivity contribution in [3.05, 3.63) is 70.6 Å². The predicted molar refractivity (Wildman–Crippen MR) is 144 cm³/mol. The van der Waals surface area contributed by atoms with E-state index in [0.717, 1.165) is 12.4 Å². The first kappa shape index (κ1) is 28.8. The van der Waals surface area contributed by atoms with Crippen LogP contribution in [0.2, 0.25) is 5.02 Å². The summed E-state index contributed by atoms with van der Waals surface area (Å²) in [5, 5.41) is -0.300. The van der Waals surface area contributed by atoms with Gasteiger partial charge in [-0.15, -0.1) is 0 Å². The van der Waals surface area contributed by atoms with Crippen LogP contribution in [0.25, 0.3) is 0 Å². The van der Waals surface area contributed by atoms with Crippen LogP contribution in [0.3, 0.4) is 0 Å². The molecule has 0 bridgehead atoms. The van der Waals surface area contributed by atoms with Gasteiger partial charge < -0.3 is 23.9 Å². The topological polar surface area (TPSA) is 64.1 Å². The molecular weight excluding hydrogens is 555 g/mol. The minimum absolute atomic E-state index is 0.0505. The van der Waals surface area contributed by atoms with Gasteiger partial charge in [-0.3, -0.25) is 4.31 Å². The van der Waals surface area contributed by atoms with E-state index >= 15 is 8.78 Å². The van der Waals surface area contributed by atoms with Crippen LogP contribution in [0.1, 0.15) is 18.9 Å². The van der Waals surface area contributed by atoms with Gasteiger partial charge in [-0.25, -0.2) is 13.8 Å². The van der Waals surface area contributed by atoms with Gasteiger partial charge in [0.25, 0.3) is 0 Å². The Morgan fingerprint density at radius 1 is 1.18 bits per heavy atom. The van der Waals surface area contributed by atoms with Crippen LogP contribution >= 0.6 is 23.5 Å². The molecule has 39 heavy (non-hydrogen) atoms. The van der Waals surface area contributed by atoms with Gasteiger partial charge in [0.15, 0.2) is 12.1 Å². The molecule has 2 aromatic carbocycles. The zero-order chi connectivity index (χ0) is 28.2. The first-order chi connectivity index (χ1) is 18.7. The van der Waals surface area contributed by atoms with E-state index in [1.54, 1.807) is 30.0 Å². The average molecular weight is 582 g/mol. The molecule has 4 rings (SSSR count). The van der Waals surface area contributed by atoms with E-state index in [9.17, 15) is 9.18 Å². The Balaban J connectivity index is 1.69. The zero-order valence-corrected chi connectivity index (χ0v) is 23.1. The first-order valence-electron chi connectivity index (χ1n) is 12.1. The standard InChI is InChI=1S/C27H27ClF3N3O4S/c1-4-38-27(16-35)10-11-33(15-27)20-13-19(29)26(25(31)24(20)28)39-34(23-7-5-6-22(30)32-23)14-17-8-9-18(36-2)12-21(17)37-3/h5-9,12-13,16H,4,10-11,14-15H2,1-3H3. The number of anilines is 2. The SMILES string of the molecule is CCOC1(C=O)CCN(c2cc(F)c(SN(Cc3ccc(OC)cc3OC)c3cccc(F)n3)c(F)c2Cl)C1. The highest BCUT2D eigenvalue weighted by Gasteiger charge is 2.40. The second-order valence-corrected chi connectivity index (χ2v) is 10.2. The minimum Gasteiger partial charge on any atom is -0.497 e. The molecule has 7 nitrogen and oxygen atoms in total. The molecule has 3 aromatic rings. The highest BCUT2D eigenvalue weighted by Crippen LogP contribution is 2.42. The van der Waals surface area contributed by atoms with Crippen molar-refractivity contribution in [1.29, 1.82) is 0 Å². The molecule has 1 fully saturated rings. The van der Waals surface area contributed by atoms with Crippen LogP contribution in [0.15, 0.2) is 47.4 Å². The van der Waals surface area contributed by atoms with E-state index < -0.39 is 28.1 Å². The third-order valence-corrected chi connectivity index (χ3v) is 7.77. The smallest absolute Gasteiger partial charge is 0.214 e. The number of ether oxygens (including phenoxy) is 3. The summed E-state index contributed by atoms with van der Waals surface area (Å²) in [7, 11) is 3.00. The molecule has 1 aliphatic rings. The van der Waals surface area contributed by atoms with Crippen LogP contribution in [0.5, 0.6) is 11.5 Å². The van der Waals surface area contributed by atoms with Crippen LogP contribution in [-0.2, 0) is 16.1 Å². The number of carbonyl (C=O) groups is 1. The van der Waals surface area contributed by atoms with Gasteiger partial charge in [-0.05, 0) is 43.1 Å². The van der Waals surface area contributed by atoms with Crippen LogP contribution in [-0.4, -0.2) is 50.8 Å². The fourth-order valence-corrected chi connectivity index (χ4v) is 5.64. The number of aldehydes is 1. The monoisotopic (exact) mass is 581 g/mol. The molecule has 2 heterocycles. The Morgan fingerprint density at radius 2 is 1.97 bits per heavy atom. The molecule has 0 N–H and O–H groups in total. The number of pyridine rings is 1. The van der Waals surface area contributed by atoms with Crippen molar-refractivity contribution in [2.75, 3.05) is 43.1 Å². The van der Waals surface area contributed by atoms with Crippen molar-refractivity contribution in [3.8, 4) is 11.5 Å². The van der Waals surface area contributed by atoms with E-state index in [4.69, 9.17) is 25.8 Å². The number of hydrogen-bond acceptors (Lipinski definition) is 8. The number of hydrogen-bond donors (Lipinski definition) is 0. The average Bonchev–Trinajstić information content (AvgIpc) is 3.36. The van der Waals surface area contributed by atoms with Crippen LogP contribution in [0, 0.1) is 17.6 Å². The largest absolute Gasteiger partial charge is 0.497 e. The summed E-state index contributed by atoms with van der Waals surface area (Å²) in [6.45, 7) is 2.59. The van der Waals surface area contributed by atoms with E-state index in [-0.39, 0.29) is 29.6 Å². The third-order valence-electron chi connectivity index (χ3n) is 6.31. The Morgan fingerprint density at radius 3 is 2.64 bits per heavy atom. The summed E-state index contributed by atoms with van der Waals surface area (Å²) >= 11 is 7.09. The van der Waals surface area contributed by atoms with E-state index in [0.29, 0.717) is 48.6 Å². The lowest BCUT2D eigenvalue weighted by Crippen LogP contribution is -2.38. The zero-order valence-electron chi connectivity index (χ0n) is 21.5. The van der Waals surface area contributed by atoms with Gasteiger partial charge in [-0.1, -0.05) is 17.7 Å². The first-order valence-corrected chi connectivity index (χ1v) is 13.2. The molecule has 0 amide bonds. The summed E-state index contributed by atoms with van der Waals surface area (Å²) in [5.41, 5.74) is -0.305. The summed E-state index contributed by atoms with van der Waals surface area (Å²) in [5.74, 6) is -1.46. The predicted octanol–water partition coefficient (Wildman–Crippen LogP) is 6.07. The summed E-state index contributed by atoms with van der Waals surface area (Å²) in [6.07, 6.45) is 1.09. The fraction of sp³-hybridized carbons (Fsp3) is 0.333. The number of rotatable bonds is 11. The number of halogens is 4. The maximum Gasteiger partial charge on any atom is 0.214 e. The van der Waals surface area contributed by atoms with Crippen molar-refractivity contribution in [2.24, 2.45) is 0 Å². The molecule has 208 valence electrons. The number of aromatic nitrogens is 1. The molecule has 12 heteroatoms. The summed E-state index contributed by atoms with van der Waals surface area (Å²) in [4.78, 5) is 16.8. The van der Waals surface area contributed by atoms with Crippen molar-refractivity contribution in [1.82, 2.24) is 4.98 Å². The molecule has 1 aliphatic heterocycles. The van der Waals surface area contributed by atoms with Crippen LogP contribution < -0.4 is 18.7 Å². The Hall–Kier alpha value is -3.15. The second-order valence-electron chi connectivity index (χ2n) is 8.75. The van der Waals surface area contributed by atoms with Gasteiger partial charge >= 0.3 is 0 Å². The molecule has 1 unspecified atom stereocenters. The molecule has 1 aromatic heterocycles. The number of nitrogens with zero attached hydrogens (tertiary/aromatic N) is 3.